The molecule has 1 atom stereocenters. The van der Waals surface area contributed by atoms with Crippen LogP contribution in [-0.4, -0.2) is 52.6 Å². The lowest BCUT2D eigenvalue weighted by Crippen LogP contribution is -2.36. The third-order valence-corrected chi connectivity index (χ3v) is 8.21. The van der Waals surface area contributed by atoms with E-state index in [0.29, 0.717) is 36.8 Å². The van der Waals surface area contributed by atoms with Crippen molar-refractivity contribution in [2.24, 2.45) is 0 Å². The quantitative estimate of drug-likeness (QED) is 0.199. The van der Waals surface area contributed by atoms with Crippen LogP contribution in [-0.2, 0) is 28.4 Å². The lowest BCUT2D eigenvalue weighted by Gasteiger charge is -2.25. The standard InChI is InChI=1S/C28H38ClFN6O3Si/c1-8-39-28(3,4)27-33-25(17-35(27)18-38-11-12-40(5,6)7)26(37)32-19(2)16-36-10-9-24(34-36)20-13-22(29)21(15-31)23(30)14-20/h9-10,13-14,17,19H,8,11-12,16,18H2,1-7H3,(H,32,37). The molecule has 0 saturated carbocycles. The molecule has 9 nitrogen and oxygen atoms in total. The van der Waals surface area contributed by atoms with E-state index < -0.39 is 19.5 Å². The monoisotopic (exact) mass is 588 g/mol. The van der Waals surface area contributed by atoms with Gasteiger partial charge in [-0.05, 0) is 51.9 Å². The molecular weight excluding hydrogens is 551 g/mol. The van der Waals surface area contributed by atoms with Gasteiger partial charge in [0.1, 0.15) is 41.3 Å². The normalized spacial score (nSPS) is 12.8. The first-order chi connectivity index (χ1) is 18.7. The number of aromatic nitrogens is 4. The van der Waals surface area contributed by atoms with Crippen molar-refractivity contribution in [2.75, 3.05) is 13.2 Å². The van der Waals surface area contributed by atoms with Crippen molar-refractivity contribution in [3.63, 3.8) is 0 Å². The van der Waals surface area contributed by atoms with Crippen molar-refractivity contribution in [1.82, 2.24) is 24.6 Å². The summed E-state index contributed by atoms with van der Waals surface area (Å²) in [5.41, 5.74) is 0.320. The van der Waals surface area contributed by atoms with Gasteiger partial charge < -0.3 is 19.4 Å². The number of imidazole rings is 1. The fourth-order valence-corrected chi connectivity index (χ4v) is 5.15. The van der Waals surface area contributed by atoms with E-state index in [0.717, 1.165) is 6.04 Å². The number of hydrogen-bond acceptors (Lipinski definition) is 6. The first-order valence-electron chi connectivity index (χ1n) is 13.3. The Morgan fingerprint density at radius 3 is 2.67 bits per heavy atom. The molecule has 1 amide bonds. The number of nitriles is 1. The summed E-state index contributed by atoms with van der Waals surface area (Å²) in [5, 5.41) is 16.5. The van der Waals surface area contributed by atoms with Crippen LogP contribution in [0.15, 0.2) is 30.6 Å². The molecule has 0 radical (unpaired) electrons. The predicted octanol–water partition coefficient (Wildman–Crippen LogP) is 5.81. The van der Waals surface area contributed by atoms with E-state index in [1.807, 2.05) is 32.3 Å². The number of ether oxygens (including phenoxy) is 2. The van der Waals surface area contributed by atoms with Crippen molar-refractivity contribution in [3.8, 4) is 17.3 Å². The molecule has 2 heterocycles. The van der Waals surface area contributed by atoms with Crippen LogP contribution in [0.25, 0.3) is 11.3 Å². The summed E-state index contributed by atoms with van der Waals surface area (Å²) in [4.78, 5) is 17.8. The number of nitrogens with one attached hydrogen (secondary N) is 1. The second-order valence-corrected chi connectivity index (χ2v) is 17.5. The zero-order valence-corrected chi connectivity index (χ0v) is 26.0. The van der Waals surface area contributed by atoms with Crippen LogP contribution in [0, 0.1) is 17.1 Å². The van der Waals surface area contributed by atoms with E-state index in [2.05, 4.69) is 35.0 Å². The molecule has 0 bridgehead atoms. The van der Waals surface area contributed by atoms with Gasteiger partial charge in [0, 0.05) is 45.3 Å². The van der Waals surface area contributed by atoms with Gasteiger partial charge in [0.25, 0.3) is 5.91 Å². The molecule has 3 aromatic rings. The molecule has 0 saturated heterocycles. The van der Waals surface area contributed by atoms with E-state index in [1.54, 1.807) is 29.2 Å². The first-order valence-corrected chi connectivity index (χ1v) is 17.4. The smallest absolute Gasteiger partial charge is 0.271 e. The maximum absolute atomic E-state index is 14.2. The minimum Gasteiger partial charge on any atom is -0.368 e. The Morgan fingerprint density at radius 1 is 1.32 bits per heavy atom. The zero-order valence-electron chi connectivity index (χ0n) is 24.2. The van der Waals surface area contributed by atoms with Crippen LogP contribution in [0.1, 0.15) is 49.6 Å². The molecule has 3 rings (SSSR count). The maximum Gasteiger partial charge on any atom is 0.271 e. The van der Waals surface area contributed by atoms with Crippen LogP contribution in [0.3, 0.4) is 0 Å². The first kappa shape index (κ1) is 31.5. The third-order valence-electron chi connectivity index (χ3n) is 6.21. The van der Waals surface area contributed by atoms with E-state index in [-0.39, 0.29) is 35.0 Å². The molecule has 1 N–H and O–H groups in total. The highest BCUT2D eigenvalue weighted by molar-refractivity contribution is 6.76. The van der Waals surface area contributed by atoms with Gasteiger partial charge in [-0.1, -0.05) is 31.2 Å². The Kier molecular flexibility index (Phi) is 10.3. The Balaban J connectivity index is 1.69. The van der Waals surface area contributed by atoms with Gasteiger partial charge >= 0.3 is 0 Å². The summed E-state index contributed by atoms with van der Waals surface area (Å²) in [5.74, 6) is -0.409. The molecule has 216 valence electrons. The lowest BCUT2D eigenvalue weighted by molar-refractivity contribution is -0.0289. The van der Waals surface area contributed by atoms with Crippen LogP contribution >= 0.6 is 11.6 Å². The molecule has 2 aromatic heterocycles. The minimum atomic E-state index is -1.23. The SMILES string of the molecule is CCOC(C)(C)c1nc(C(=O)NC(C)Cn2ccc(-c3cc(F)c(C#N)c(Cl)c3)n2)cn1COCC[Si](C)(C)C. The summed E-state index contributed by atoms with van der Waals surface area (Å²) in [7, 11) is -1.23. The van der Waals surface area contributed by atoms with E-state index in [1.165, 1.54) is 12.1 Å². The number of amides is 1. The molecule has 0 aliphatic heterocycles. The summed E-state index contributed by atoms with van der Waals surface area (Å²) in [6, 6.07) is 6.96. The molecule has 0 aliphatic rings. The summed E-state index contributed by atoms with van der Waals surface area (Å²) >= 11 is 6.04. The van der Waals surface area contributed by atoms with Gasteiger partial charge in [-0.25, -0.2) is 9.37 Å². The zero-order chi connectivity index (χ0) is 29.7. The number of rotatable bonds is 13. The predicted molar refractivity (Wildman–Crippen MR) is 155 cm³/mol. The number of nitrogens with zero attached hydrogens (tertiary/aromatic N) is 5. The molecule has 12 heteroatoms. The van der Waals surface area contributed by atoms with Crippen LogP contribution in [0.2, 0.25) is 30.7 Å². The molecular formula is C28H38ClFN6O3Si. The molecule has 40 heavy (non-hydrogen) atoms. The average Bonchev–Trinajstić information content (AvgIpc) is 3.49. The lowest BCUT2D eigenvalue weighted by atomic mass is 10.1. The number of hydrogen-bond donors (Lipinski definition) is 1. The molecule has 0 aliphatic carbocycles. The summed E-state index contributed by atoms with van der Waals surface area (Å²) in [6.45, 7) is 16.3. The number of carbonyl (C=O) groups is 1. The van der Waals surface area contributed by atoms with Crippen LogP contribution in [0.4, 0.5) is 4.39 Å². The molecule has 1 unspecified atom stereocenters. The molecule has 0 fully saturated rings. The highest BCUT2D eigenvalue weighted by Crippen LogP contribution is 2.27. The van der Waals surface area contributed by atoms with Crippen molar-refractivity contribution in [1.29, 1.82) is 5.26 Å². The Labute approximate surface area is 241 Å². The van der Waals surface area contributed by atoms with Crippen LogP contribution < -0.4 is 5.32 Å². The van der Waals surface area contributed by atoms with E-state index in [9.17, 15) is 9.18 Å². The van der Waals surface area contributed by atoms with Gasteiger partial charge in [0.2, 0.25) is 0 Å². The van der Waals surface area contributed by atoms with Gasteiger partial charge in [-0.2, -0.15) is 10.4 Å². The fraction of sp³-hybridized carbons (Fsp3) is 0.500. The average molecular weight is 589 g/mol. The van der Waals surface area contributed by atoms with Crippen molar-refractivity contribution >= 4 is 25.6 Å². The van der Waals surface area contributed by atoms with Crippen molar-refractivity contribution in [3.05, 3.63) is 58.5 Å². The van der Waals surface area contributed by atoms with Gasteiger partial charge in [0.15, 0.2) is 0 Å². The molecule has 0 spiro atoms. The Bertz CT molecular complexity index is 1350. The summed E-state index contributed by atoms with van der Waals surface area (Å²) < 4.78 is 29.5. The van der Waals surface area contributed by atoms with E-state index in [4.69, 9.17) is 26.3 Å². The van der Waals surface area contributed by atoms with Crippen molar-refractivity contribution in [2.45, 2.75) is 78.3 Å². The highest BCUT2D eigenvalue weighted by Gasteiger charge is 2.29. The van der Waals surface area contributed by atoms with Crippen molar-refractivity contribution < 1.29 is 18.7 Å². The third kappa shape index (κ3) is 8.24. The Morgan fingerprint density at radius 2 is 2.05 bits per heavy atom. The Hall–Kier alpha value is -3.04. The summed E-state index contributed by atoms with van der Waals surface area (Å²) in [6.07, 6.45) is 3.43. The topological polar surface area (TPSA) is 107 Å². The highest BCUT2D eigenvalue weighted by atomic mass is 35.5. The van der Waals surface area contributed by atoms with E-state index >= 15 is 0 Å². The number of halogens is 2. The van der Waals surface area contributed by atoms with Gasteiger partial charge in [-0.15, -0.1) is 0 Å². The van der Waals surface area contributed by atoms with Gasteiger partial charge in [0.05, 0.1) is 17.3 Å². The second-order valence-electron chi connectivity index (χ2n) is 11.4. The van der Waals surface area contributed by atoms with Gasteiger partial charge in [-0.3, -0.25) is 9.48 Å². The number of benzene rings is 1. The number of carbonyl (C=O) groups excluding carboxylic acids is 1. The second kappa shape index (κ2) is 13.1. The largest absolute Gasteiger partial charge is 0.368 e. The van der Waals surface area contributed by atoms with Crippen LogP contribution in [0.5, 0.6) is 0 Å². The fourth-order valence-electron chi connectivity index (χ4n) is 4.14. The molecule has 1 aromatic carbocycles. The maximum atomic E-state index is 14.2. The minimum absolute atomic E-state index is 0.0282.